The van der Waals surface area contributed by atoms with Crippen LogP contribution in [0, 0.1) is 11.8 Å². The number of rotatable bonds is 9. The highest BCUT2D eigenvalue weighted by Crippen LogP contribution is 2.48. The maximum atomic E-state index is 12.9. The lowest BCUT2D eigenvalue weighted by atomic mass is 9.67. The van der Waals surface area contributed by atoms with Crippen molar-refractivity contribution in [2.75, 3.05) is 34.0 Å². The summed E-state index contributed by atoms with van der Waals surface area (Å²) in [6, 6.07) is 0.332. The molecule has 0 aromatic rings. The van der Waals surface area contributed by atoms with E-state index < -0.39 is 5.97 Å². The number of methoxy groups -OCH3 is 2. The van der Waals surface area contributed by atoms with E-state index in [0.717, 1.165) is 24.4 Å². The van der Waals surface area contributed by atoms with Crippen molar-refractivity contribution in [2.45, 2.75) is 64.0 Å². The van der Waals surface area contributed by atoms with Gasteiger partial charge in [0.1, 0.15) is 11.3 Å². The second-order valence-corrected chi connectivity index (χ2v) is 9.08. The number of ether oxygens (including phenoxy) is 4. The Bertz CT molecular complexity index is 824. The van der Waals surface area contributed by atoms with Crippen LogP contribution in [0.5, 0.6) is 0 Å². The van der Waals surface area contributed by atoms with Crippen LogP contribution in [0.15, 0.2) is 34.9 Å². The number of esters is 1. The number of hydrogen-bond acceptors (Lipinski definition) is 7. The molecule has 0 spiro atoms. The Hall–Kier alpha value is -2.28. The lowest BCUT2D eigenvalue weighted by Gasteiger charge is -2.53. The number of fused-ring (bicyclic) bond motifs is 3. The lowest BCUT2D eigenvalue weighted by molar-refractivity contribution is -0.141. The molecule has 7 nitrogen and oxygen atoms in total. The molecule has 0 aromatic heterocycles. The minimum Gasteiger partial charge on any atom is -0.497 e. The van der Waals surface area contributed by atoms with Gasteiger partial charge in [0, 0.05) is 57.2 Å². The van der Waals surface area contributed by atoms with Crippen molar-refractivity contribution in [3.05, 3.63) is 34.9 Å². The van der Waals surface area contributed by atoms with Crippen molar-refractivity contribution in [2.24, 2.45) is 11.8 Å². The van der Waals surface area contributed by atoms with Gasteiger partial charge >= 0.3 is 5.97 Å². The van der Waals surface area contributed by atoms with E-state index >= 15 is 0 Å². The Morgan fingerprint density at radius 1 is 1.12 bits per heavy atom. The van der Waals surface area contributed by atoms with Gasteiger partial charge in [-0.1, -0.05) is 12.0 Å². The van der Waals surface area contributed by atoms with Crippen molar-refractivity contribution >= 4 is 11.8 Å². The standard InChI is InChI=1S/C25H35NO6/c1-4-31-25(28)19-15-26-20(16-7-5-8-16)11-17-12-24(32-10-6-9-29-2)23(30-3)13-18(17)21(26)14-22(19)27/h12,15-16,18,20-21H,4-11,13-14H2,1-3H3. The third kappa shape index (κ3) is 4.45. The molecule has 1 saturated heterocycles. The number of hydrogen-bond donors (Lipinski definition) is 0. The Labute approximate surface area is 190 Å². The van der Waals surface area contributed by atoms with E-state index in [1.165, 1.54) is 24.8 Å². The summed E-state index contributed by atoms with van der Waals surface area (Å²) in [5, 5.41) is 0. The van der Waals surface area contributed by atoms with E-state index in [2.05, 4.69) is 11.0 Å². The molecular weight excluding hydrogens is 410 g/mol. The molecule has 1 saturated carbocycles. The fourth-order valence-electron chi connectivity index (χ4n) is 5.44. The number of nitrogens with zero attached hydrogens (tertiary/aromatic N) is 1. The zero-order valence-corrected chi connectivity index (χ0v) is 19.4. The maximum absolute atomic E-state index is 12.9. The van der Waals surface area contributed by atoms with Gasteiger partial charge in [-0.25, -0.2) is 4.79 Å². The molecule has 0 radical (unpaired) electrons. The van der Waals surface area contributed by atoms with Gasteiger partial charge in [-0.15, -0.1) is 0 Å². The number of ketones is 1. The first kappa shape index (κ1) is 22.9. The smallest absolute Gasteiger partial charge is 0.343 e. The zero-order valence-electron chi connectivity index (χ0n) is 19.4. The maximum Gasteiger partial charge on any atom is 0.343 e. The highest BCUT2D eigenvalue weighted by molar-refractivity contribution is 6.17. The van der Waals surface area contributed by atoms with Gasteiger partial charge in [0.25, 0.3) is 0 Å². The first-order valence-electron chi connectivity index (χ1n) is 11.9. The SMILES string of the molecule is CCOC(=O)C1=CN2C(C3CCC3)CC3=CC(OCCCOC)=C(OC)CC3C2CC1=O. The second kappa shape index (κ2) is 10.1. The predicted octanol–water partition coefficient (Wildman–Crippen LogP) is 3.51. The minimum atomic E-state index is -0.502. The van der Waals surface area contributed by atoms with Crippen LogP contribution < -0.4 is 0 Å². The zero-order chi connectivity index (χ0) is 22.7. The summed E-state index contributed by atoms with van der Waals surface area (Å²) in [6.45, 7) is 3.27. The Kier molecular flexibility index (Phi) is 7.23. The molecule has 2 aliphatic carbocycles. The fraction of sp³-hybridized carbons (Fsp3) is 0.680. The molecule has 0 amide bonds. The molecule has 7 heteroatoms. The van der Waals surface area contributed by atoms with Gasteiger partial charge in [-0.05, 0) is 38.2 Å². The van der Waals surface area contributed by atoms with Gasteiger partial charge in [-0.3, -0.25) is 4.79 Å². The summed E-state index contributed by atoms with van der Waals surface area (Å²) in [6.07, 6.45) is 10.4. The Balaban J connectivity index is 1.61. The number of piperidine rings is 1. The summed E-state index contributed by atoms with van der Waals surface area (Å²) in [7, 11) is 3.36. The quantitative estimate of drug-likeness (QED) is 0.305. The molecule has 32 heavy (non-hydrogen) atoms. The molecule has 0 bridgehead atoms. The van der Waals surface area contributed by atoms with Crippen LogP contribution in [0.1, 0.15) is 51.9 Å². The monoisotopic (exact) mass is 445 g/mol. The van der Waals surface area contributed by atoms with E-state index in [9.17, 15) is 9.59 Å². The molecule has 3 atom stereocenters. The van der Waals surface area contributed by atoms with E-state index in [1.807, 2.05) is 0 Å². The summed E-state index contributed by atoms with van der Waals surface area (Å²) in [4.78, 5) is 27.7. The normalized spacial score (nSPS) is 27.7. The average Bonchev–Trinajstić information content (AvgIpc) is 2.75. The summed E-state index contributed by atoms with van der Waals surface area (Å²) in [5.74, 6) is 1.77. The molecule has 4 rings (SSSR count). The molecule has 0 aromatic carbocycles. The number of allylic oxidation sites excluding steroid dienone is 2. The van der Waals surface area contributed by atoms with Crippen LogP contribution in [0.25, 0.3) is 0 Å². The first-order chi connectivity index (χ1) is 15.6. The molecular formula is C25H35NO6. The molecule has 2 aliphatic heterocycles. The van der Waals surface area contributed by atoms with Crippen LogP contribution in [0.4, 0.5) is 0 Å². The van der Waals surface area contributed by atoms with E-state index in [1.54, 1.807) is 27.3 Å². The number of Topliss-reactive ketones (excluding diaryl/α,β-unsaturated/α-hetero) is 1. The highest BCUT2D eigenvalue weighted by atomic mass is 16.5. The topological polar surface area (TPSA) is 74.3 Å². The van der Waals surface area contributed by atoms with Crippen molar-refractivity contribution in [3.8, 4) is 0 Å². The molecule has 3 unspecified atom stereocenters. The minimum absolute atomic E-state index is 0.0338. The molecule has 2 fully saturated rings. The summed E-state index contributed by atoms with van der Waals surface area (Å²) >= 11 is 0. The van der Waals surface area contributed by atoms with Crippen molar-refractivity contribution in [1.29, 1.82) is 0 Å². The van der Waals surface area contributed by atoms with Gasteiger partial charge in [0.2, 0.25) is 0 Å². The Morgan fingerprint density at radius 2 is 1.94 bits per heavy atom. The van der Waals surface area contributed by atoms with Crippen LogP contribution in [-0.2, 0) is 28.5 Å². The van der Waals surface area contributed by atoms with Crippen LogP contribution in [0.2, 0.25) is 0 Å². The number of carbonyl (C=O) groups is 2. The van der Waals surface area contributed by atoms with Crippen LogP contribution >= 0.6 is 0 Å². The van der Waals surface area contributed by atoms with Gasteiger partial charge in [0.05, 0.1) is 20.3 Å². The van der Waals surface area contributed by atoms with Crippen molar-refractivity contribution in [3.63, 3.8) is 0 Å². The van der Waals surface area contributed by atoms with Gasteiger partial charge in [0.15, 0.2) is 11.5 Å². The third-order valence-corrected chi connectivity index (χ3v) is 7.31. The predicted molar refractivity (Wildman–Crippen MR) is 118 cm³/mol. The Morgan fingerprint density at radius 3 is 2.59 bits per heavy atom. The summed E-state index contributed by atoms with van der Waals surface area (Å²) < 4.78 is 22.0. The number of carbonyl (C=O) groups excluding carboxylic acids is 2. The largest absolute Gasteiger partial charge is 0.497 e. The van der Waals surface area contributed by atoms with Crippen molar-refractivity contribution in [1.82, 2.24) is 4.90 Å². The molecule has 4 aliphatic rings. The molecule has 2 heterocycles. The second-order valence-electron chi connectivity index (χ2n) is 9.08. The van der Waals surface area contributed by atoms with E-state index in [0.29, 0.717) is 38.0 Å². The van der Waals surface area contributed by atoms with Crippen molar-refractivity contribution < 1.29 is 28.5 Å². The van der Waals surface area contributed by atoms with Crippen LogP contribution in [0.3, 0.4) is 0 Å². The van der Waals surface area contributed by atoms with Gasteiger partial charge in [-0.2, -0.15) is 0 Å². The lowest BCUT2D eigenvalue weighted by Crippen LogP contribution is -2.56. The summed E-state index contributed by atoms with van der Waals surface area (Å²) in [5.41, 5.74) is 1.53. The van der Waals surface area contributed by atoms with E-state index in [-0.39, 0.29) is 29.9 Å². The first-order valence-corrected chi connectivity index (χ1v) is 11.9. The highest BCUT2D eigenvalue weighted by Gasteiger charge is 2.48. The fourth-order valence-corrected chi connectivity index (χ4v) is 5.44. The van der Waals surface area contributed by atoms with E-state index in [4.69, 9.17) is 18.9 Å². The average molecular weight is 446 g/mol. The molecule has 0 N–H and O–H groups in total. The third-order valence-electron chi connectivity index (χ3n) is 7.31. The van der Waals surface area contributed by atoms with Crippen LogP contribution in [-0.4, -0.2) is 62.8 Å². The van der Waals surface area contributed by atoms with Gasteiger partial charge < -0.3 is 23.8 Å². The molecule has 176 valence electrons.